The Hall–Kier alpha value is -5.63. The fraction of sp³-hybridized carbons (Fsp3) is 0.350. The Bertz CT molecular complexity index is 2080. The lowest BCUT2D eigenvalue weighted by Gasteiger charge is -2.22. The number of halogens is 3. The van der Waals surface area contributed by atoms with Crippen molar-refractivity contribution >= 4 is 11.7 Å². The molecule has 1 fully saturated rings. The normalized spacial score (nSPS) is 18.3. The zero-order valence-electron chi connectivity index (χ0n) is 30.7. The summed E-state index contributed by atoms with van der Waals surface area (Å²) in [7, 11) is 1.59. The van der Waals surface area contributed by atoms with Crippen molar-refractivity contribution in [2.75, 3.05) is 26.9 Å². The maximum absolute atomic E-state index is 15.4. The number of carbonyl (C=O) groups excluding carboxylic acids is 1. The predicted molar refractivity (Wildman–Crippen MR) is 194 cm³/mol. The summed E-state index contributed by atoms with van der Waals surface area (Å²) in [6, 6.07) is 15.2. The number of hydrazine groups is 1. The molecule has 6 rings (SSSR count). The van der Waals surface area contributed by atoms with Crippen LogP contribution in [0.5, 0.6) is 17.5 Å². The van der Waals surface area contributed by atoms with Crippen LogP contribution in [0.25, 0.3) is 11.3 Å². The summed E-state index contributed by atoms with van der Waals surface area (Å²) < 4.78 is 73.2. The standard InChI is InChI=1S/C40H42F3N5O6/c1-23-13-24(2)29(31(42)14-23)20-53-37-8-6-7-33(44-37)28-17-30(41)26(15-32(28)43)16-36(49)46-47-39(45-35-21-51-22-40(35,3)4)34-18-38(48-54-34)52-19-25-9-11-27(50-5)12-10-25/h6-12,14-15,17-18,24,35H,13,16,19-22H2,1-5H3,(H,45,47)(H,46,49). The van der Waals surface area contributed by atoms with Gasteiger partial charge in [-0.15, -0.1) is 0 Å². The first-order valence-electron chi connectivity index (χ1n) is 17.5. The summed E-state index contributed by atoms with van der Waals surface area (Å²) in [5.74, 6) is -1.31. The lowest BCUT2D eigenvalue weighted by molar-refractivity contribution is -0.121. The second-order valence-electron chi connectivity index (χ2n) is 14.1. The number of carbonyl (C=O) groups is 1. The molecule has 2 aliphatic rings. The topological polar surface area (TPSA) is 129 Å². The lowest BCUT2D eigenvalue weighted by Crippen LogP contribution is -2.44. The quantitative estimate of drug-likeness (QED) is 0.0877. The number of aromatic nitrogens is 2. The number of hydrogen-bond donors (Lipinski definition) is 2. The van der Waals surface area contributed by atoms with Crippen LogP contribution in [0.15, 0.2) is 93.2 Å². The molecule has 0 bridgehead atoms. The minimum absolute atomic E-state index is 0.0270. The number of methoxy groups -OCH3 is 1. The Balaban J connectivity index is 1.11. The molecule has 2 N–H and O–H groups in total. The summed E-state index contributed by atoms with van der Waals surface area (Å²) in [6.07, 6.45) is 1.71. The van der Waals surface area contributed by atoms with Crippen LogP contribution in [-0.2, 0) is 22.6 Å². The van der Waals surface area contributed by atoms with Gasteiger partial charge < -0.3 is 23.5 Å². The molecular formula is C40H42F3N5O6. The van der Waals surface area contributed by atoms with Crippen molar-refractivity contribution < 1.29 is 41.4 Å². The maximum atomic E-state index is 15.4. The fourth-order valence-electron chi connectivity index (χ4n) is 6.08. The first-order valence-corrected chi connectivity index (χ1v) is 17.5. The van der Waals surface area contributed by atoms with E-state index in [2.05, 4.69) is 21.0 Å². The van der Waals surface area contributed by atoms with Crippen LogP contribution in [-0.4, -0.2) is 54.9 Å². The van der Waals surface area contributed by atoms with Gasteiger partial charge in [-0.05, 0) is 66.4 Å². The predicted octanol–water partition coefficient (Wildman–Crippen LogP) is 7.23. The molecule has 11 nitrogen and oxygen atoms in total. The molecule has 0 radical (unpaired) electrons. The molecule has 2 aromatic carbocycles. The fourth-order valence-corrected chi connectivity index (χ4v) is 6.08. The van der Waals surface area contributed by atoms with Gasteiger partial charge in [0.15, 0.2) is 5.84 Å². The Morgan fingerprint density at radius 1 is 1.00 bits per heavy atom. The van der Waals surface area contributed by atoms with E-state index in [0.717, 1.165) is 35.4 Å². The van der Waals surface area contributed by atoms with Crippen LogP contribution in [0, 0.1) is 23.0 Å². The number of allylic oxidation sites excluding steroid dienone is 3. The summed E-state index contributed by atoms with van der Waals surface area (Å²) in [4.78, 5) is 22.1. The smallest absolute Gasteiger partial charge is 0.255 e. The highest BCUT2D eigenvalue weighted by atomic mass is 19.1. The van der Waals surface area contributed by atoms with E-state index in [9.17, 15) is 9.18 Å². The Kier molecular flexibility index (Phi) is 11.7. The van der Waals surface area contributed by atoms with Crippen molar-refractivity contribution in [3.63, 3.8) is 0 Å². The molecule has 14 heteroatoms. The molecule has 2 atom stereocenters. The van der Waals surface area contributed by atoms with Crippen LogP contribution >= 0.6 is 0 Å². The van der Waals surface area contributed by atoms with E-state index in [1.54, 1.807) is 19.2 Å². The molecule has 1 amide bonds. The first-order chi connectivity index (χ1) is 25.9. The molecule has 1 aliphatic heterocycles. The van der Waals surface area contributed by atoms with Crippen molar-refractivity contribution in [2.24, 2.45) is 16.3 Å². The van der Waals surface area contributed by atoms with Gasteiger partial charge in [0, 0.05) is 28.2 Å². The maximum Gasteiger partial charge on any atom is 0.255 e. The van der Waals surface area contributed by atoms with E-state index in [-0.39, 0.29) is 76.6 Å². The Morgan fingerprint density at radius 3 is 2.50 bits per heavy atom. The van der Waals surface area contributed by atoms with Gasteiger partial charge in [0.25, 0.3) is 5.88 Å². The molecule has 284 valence electrons. The number of rotatable bonds is 12. The molecule has 1 aliphatic carbocycles. The average molecular weight is 746 g/mol. The van der Waals surface area contributed by atoms with E-state index < -0.39 is 24.0 Å². The third-order valence-electron chi connectivity index (χ3n) is 9.29. The third-order valence-corrected chi connectivity index (χ3v) is 9.29. The van der Waals surface area contributed by atoms with Gasteiger partial charge in [-0.25, -0.2) is 18.2 Å². The SMILES string of the molecule is COc1ccc(COc2cc(C(=NC3COCC3(C)C)NNC(=O)Cc3cc(F)c(-c4cccc(OCC5=C(F)C=C(C)CC5C)n4)cc3F)on2)cc1. The van der Waals surface area contributed by atoms with Gasteiger partial charge >= 0.3 is 0 Å². The number of ether oxygens (including phenoxy) is 4. The minimum Gasteiger partial charge on any atom is -0.497 e. The van der Waals surface area contributed by atoms with Gasteiger partial charge in [0.2, 0.25) is 17.5 Å². The van der Waals surface area contributed by atoms with Gasteiger partial charge in [-0.2, -0.15) is 0 Å². The van der Waals surface area contributed by atoms with Crippen LogP contribution in [0.1, 0.15) is 51.0 Å². The molecule has 0 spiro atoms. The molecule has 3 heterocycles. The molecule has 4 aromatic rings. The molecule has 2 aromatic heterocycles. The number of pyridine rings is 1. The molecule has 1 saturated heterocycles. The Morgan fingerprint density at radius 2 is 1.78 bits per heavy atom. The number of nitrogens with zero attached hydrogens (tertiary/aromatic N) is 3. The first kappa shape index (κ1) is 38.1. The second-order valence-corrected chi connectivity index (χ2v) is 14.1. The summed E-state index contributed by atoms with van der Waals surface area (Å²) in [6.45, 7) is 8.81. The van der Waals surface area contributed by atoms with Crippen molar-refractivity contribution in [1.82, 2.24) is 21.0 Å². The number of amides is 1. The Labute approximate surface area is 311 Å². The van der Waals surface area contributed by atoms with Crippen LogP contribution in [0.2, 0.25) is 0 Å². The van der Waals surface area contributed by atoms with Crippen molar-refractivity contribution in [3.8, 4) is 28.8 Å². The summed E-state index contributed by atoms with van der Waals surface area (Å²) in [5.41, 5.74) is 7.10. The van der Waals surface area contributed by atoms with Gasteiger partial charge in [0.05, 0.1) is 44.5 Å². The monoisotopic (exact) mass is 745 g/mol. The summed E-state index contributed by atoms with van der Waals surface area (Å²) in [5, 5.41) is 3.98. The number of aliphatic imine (C=N–C) groups is 1. The highest BCUT2D eigenvalue weighted by Crippen LogP contribution is 2.32. The molecular weight excluding hydrogens is 703 g/mol. The molecule has 0 saturated carbocycles. The van der Waals surface area contributed by atoms with E-state index in [0.29, 0.717) is 18.8 Å². The summed E-state index contributed by atoms with van der Waals surface area (Å²) >= 11 is 0. The molecule has 2 unspecified atom stereocenters. The second kappa shape index (κ2) is 16.6. The van der Waals surface area contributed by atoms with Crippen LogP contribution < -0.4 is 25.1 Å². The van der Waals surface area contributed by atoms with E-state index in [1.807, 2.05) is 52.0 Å². The highest BCUT2D eigenvalue weighted by molar-refractivity contribution is 5.97. The largest absolute Gasteiger partial charge is 0.497 e. The van der Waals surface area contributed by atoms with E-state index in [4.69, 9.17) is 28.5 Å². The van der Waals surface area contributed by atoms with Crippen molar-refractivity contribution in [1.29, 1.82) is 0 Å². The van der Waals surface area contributed by atoms with Gasteiger partial charge in [0.1, 0.15) is 36.4 Å². The van der Waals surface area contributed by atoms with Crippen molar-refractivity contribution in [3.05, 3.63) is 112 Å². The van der Waals surface area contributed by atoms with Crippen LogP contribution in [0.3, 0.4) is 0 Å². The minimum atomic E-state index is -0.812. The number of amidine groups is 1. The van der Waals surface area contributed by atoms with Crippen molar-refractivity contribution in [2.45, 2.75) is 53.2 Å². The zero-order valence-corrected chi connectivity index (χ0v) is 30.7. The van der Waals surface area contributed by atoms with E-state index in [1.165, 1.54) is 18.2 Å². The number of hydrogen-bond acceptors (Lipinski definition) is 9. The number of benzene rings is 2. The lowest BCUT2D eigenvalue weighted by atomic mass is 9.88. The molecule has 54 heavy (non-hydrogen) atoms. The van der Waals surface area contributed by atoms with Gasteiger partial charge in [-0.3, -0.25) is 20.6 Å². The zero-order chi connectivity index (χ0) is 38.4. The van der Waals surface area contributed by atoms with Gasteiger partial charge in [-0.1, -0.05) is 44.5 Å². The number of nitrogens with one attached hydrogen (secondary N) is 2. The highest BCUT2D eigenvalue weighted by Gasteiger charge is 2.36. The van der Waals surface area contributed by atoms with E-state index >= 15 is 8.78 Å². The average Bonchev–Trinajstić information content (AvgIpc) is 3.75. The third kappa shape index (κ3) is 9.29. The van der Waals surface area contributed by atoms with Crippen LogP contribution in [0.4, 0.5) is 13.2 Å².